The van der Waals surface area contributed by atoms with Gasteiger partial charge >= 0.3 is 5.97 Å². The smallest absolute Gasteiger partial charge is 0.363 e. The zero-order chi connectivity index (χ0) is 15.5. The molecule has 4 nitrogen and oxygen atoms in total. The Balaban J connectivity index is 1.96. The van der Waals surface area contributed by atoms with Gasteiger partial charge in [-0.3, -0.25) is 0 Å². The molecule has 2 aromatic carbocycles. The van der Waals surface area contributed by atoms with Crippen molar-refractivity contribution in [2.75, 3.05) is 7.11 Å². The average Bonchev–Trinajstić information content (AvgIpc) is 2.89. The lowest BCUT2D eigenvalue weighted by Gasteiger charge is -2.01. The van der Waals surface area contributed by atoms with Gasteiger partial charge in [0.1, 0.15) is 5.75 Å². The minimum absolute atomic E-state index is 0.263. The first-order chi connectivity index (χ1) is 10.7. The summed E-state index contributed by atoms with van der Waals surface area (Å²) in [5.74, 6) is 0.552. The number of methoxy groups -OCH3 is 1. The molecule has 3 rings (SSSR count). The number of hydrogen-bond donors (Lipinski definition) is 0. The van der Waals surface area contributed by atoms with Crippen molar-refractivity contribution >= 4 is 33.9 Å². The summed E-state index contributed by atoms with van der Waals surface area (Å²) in [6.45, 7) is 0. The Labute approximate surface area is 136 Å². The molecule has 1 aliphatic heterocycles. The fourth-order valence-corrected chi connectivity index (χ4v) is 2.50. The topological polar surface area (TPSA) is 47.9 Å². The first-order valence-corrected chi connectivity index (χ1v) is 7.38. The van der Waals surface area contributed by atoms with E-state index in [1.807, 2.05) is 48.5 Å². The Hall–Kier alpha value is -2.40. The van der Waals surface area contributed by atoms with Crippen molar-refractivity contribution in [3.05, 3.63) is 69.8 Å². The van der Waals surface area contributed by atoms with Crippen LogP contribution in [0.4, 0.5) is 0 Å². The molecule has 1 aliphatic rings. The van der Waals surface area contributed by atoms with Crippen molar-refractivity contribution in [1.29, 1.82) is 0 Å². The summed E-state index contributed by atoms with van der Waals surface area (Å²) in [7, 11) is 1.60. The summed E-state index contributed by atoms with van der Waals surface area (Å²) in [6.07, 6.45) is 1.68. The first-order valence-electron chi connectivity index (χ1n) is 6.59. The van der Waals surface area contributed by atoms with Gasteiger partial charge in [0.05, 0.1) is 12.7 Å². The van der Waals surface area contributed by atoms with Crippen LogP contribution in [0, 0.1) is 0 Å². The second-order valence-electron chi connectivity index (χ2n) is 4.59. The van der Waals surface area contributed by atoms with E-state index in [2.05, 4.69) is 20.9 Å². The van der Waals surface area contributed by atoms with Gasteiger partial charge in [0.25, 0.3) is 0 Å². The van der Waals surface area contributed by atoms with E-state index in [1.54, 1.807) is 13.2 Å². The SMILES string of the molecule is COc1cccc(C=C2N=C(c3ccccc3Br)OC2=O)c1. The van der Waals surface area contributed by atoms with Crippen LogP contribution < -0.4 is 4.74 Å². The van der Waals surface area contributed by atoms with Crippen LogP contribution in [0.1, 0.15) is 11.1 Å². The Morgan fingerprint density at radius 1 is 1.18 bits per heavy atom. The third kappa shape index (κ3) is 2.94. The molecule has 0 saturated carbocycles. The minimum Gasteiger partial charge on any atom is -0.497 e. The molecule has 22 heavy (non-hydrogen) atoms. The van der Waals surface area contributed by atoms with E-state index in [0.717, 1.165) is 21.3 Å². The van der Waals surface area contributed by atoms with Gasteiger partial charge in [-0.05, 0) is 51.8 Å². The quantitative estimate of drug-likeness (QED) is 0.619. The zero-order valence-electron chi connectivity index (χ0n) is 11.7. The maximum atomic E-state index is 12.0. The standard InChI is InChI=1S/C17H12BrNO3/c1-21-12-6-4-5-11(9-12)10-15-17(20)22-16(19-15)13-7-2-3-8-14(13)18/h2-10H,1H3. The number of carbonyl (C=O) groups is 1. The number of cyclic esters (lactones) is 1. The molecule has 0 amide bonds. The molecule has 0 bridgehead atoms. The van der Waals surface area contributed by atoms with Crippen LogP contribution in [0.5, 0.6) is 5.75 Å². The molecule has 1 heterocycles. The van der Waals surface area contributed by atoms with Crippen molar-refractivity contribution in [3.63, 3.8) is 0 Å². The van der Waals surface area contributed by atoms with Crippen molar-refractivity contribution in [2.24, 2.45) is 4.99 Å². The van der Waals surface area contributed by atoms with Crippen molar-refractivity contribution in [2.45, 2.75) is 0 Å². The lowest BCUT2D eigenvalue weighted by atomic mass is 10.2. The highest BCUT2D eigenvalue weighted by Crippen LogP contribution is 2.24. The number of benzene rings is 2. The molecule has 2 aromatic rings. The summed E-state index contributed by atoms with van der Waals surface area (Å²) < 4.78 is 11.2. The molecule has 0 fully saturated rings. The molecule has 0 unspecified atom stereocenters. The predicted molar refractivity (Wildman–Crippen MR) is 87.7 cm³/mol. The Bertz CT molecular complexity index is 796. The lowest BCUT2D eigenvalue weighted by molar-refractivity contribution is -0.129. The van der Waals surface area contributed by atoms with Gasteiger partial charge in [-0.2, -0.15) is 0 Å². The average molecular weight is 358 g/mol. The second-order valence-corrected chi connectivity index (χ2v) is 5.45. The summed E-state index contributed by atoms with van der Waals surface area (Å²) >= 11 is 3.42. The number of halogens is 1. The van der Waals surface area contributed by atoms with Crippen LogP contribution in [0.3, 0.4) is 0 Å². The monoisotopic (exact) mass is 357 g/mol. The number of rotatable bonds is 3. The van der Waals surface area contributed by atoms with Crippen LogP contribution in [-0.2, 0) is 9.53 Å². The summed E-state index contributed by atoms with van der Waals surface area (Å²) in [6, 6.07) is 14.8. The van der Waals surface area contributed by atoms with Gasteiger partial charge in [0.15, 0.2) is 5.70 Å². The summed E-state index contributed by atoms with van der Waals surface area (Å²) in [5.41, 5.74) is 1.83. The minimum atomic E-state index is -0.464. The fraction of sp³-hybridized carbons (Fsp3) is 0.0588. The third-order valence-electron chi connectivity index (χ3n) is 3.12. The van der Waals surface area contributed by atoms with Gasteiger partial charge in [-0.1, -0.05) is 24.3 Å². The molecule has 0 N–H and O–H groups in total. The molecule has 0 radical (unpaired) electrons. The van der Waals surface area contributed by atoms with Crippen LogP contribution >= 0.6 is 15.9 Å². The Morgan fingerprint density at radius 3 is 2.77 bits per heavy atom. The van der Waals surface area contributed by atoms with E-state index < -0.39 is 5.97 Å². The summed E-state index contributed by atoms with van der Waals surface area (Å²) in [5, 5.41) is 0. The maximum Gasteiger partial charge on any atom is 0.363 e. The number of hydrogen-bond acceptors (Lipinski definition) is 4. The molecular weight excluding hydrogens is 346 g/mol. The van der Waals surface area contributed by atoms with E-state index >= 15 is 0 Å². The van der Waals surface area contributed by atoms with E-state index in [0.29, 0.717) is 5.90 Å². The highest BCUT2D eigenvalue weighted by atomic mass is 79.9. The molecule has 0 atom stereocenters. The number of carbonyl (C=O) groups excluding carboxylic acids is 1. The number of ether oxygens (including phenoxy) is 2. The molecule has 5 heteroatoms. The molecular formula is C17H12BrNO3. The molecule has 0 spiro atoms. The highest BCUT2D eigenvalue weighted by molar-refractivity contribution is 9.10. The van der Waals surface area contributed by atoms with Gasteiger partial charge in [0.2, 0.25) is 5.90 Å². The van der Waals surface area contributed by atoms with Crippen molar-refractivity contribution in [1.82, 2.24) is 0 Å². The molecule has 0 aromatic heterocycles. The lowest BCUT2D eigenvalue weighted by Crippen LogP contribution is -2.05. The third-order valence-corrected chi connectivity index (χ3v) is 3.81. The van der Waals surface area contributed by atoms with E-state index in [4.69, 9.17) is 9.47 Å². The van der Waals surface area contributed by atoms with Gasteiger partial charge in [-0.15, -0.1) is 0 Å². The van der Waals surface area contributed by atoms with Crippen LogP contribution in [0.25, 0.3) is 6.08 Å². The summed E-state index contributed by atoms with van der Waals surface area (Å²) in [4.78, 5) is 16.3. The Kier molecular flexibility index (Phi) is 4.06. The Morgan fingerprint density at radius 2 is 2.00 bits per heavy atom. The fourth-order valence-electron chi connectivity index (χ4n) is 2.05. The number of aliphatic imine (C=N–C) groups is 1. The predicted octanol–water partition coefficient (Wildman–Crippen LogP) is 3.80. The normalized spacial score (nSPS) is 15.6. The van der Waals surface area contributed by atoms with E-state index in [1.165, 1.54) is 0 Å². The van der Waals surface area contributed by atoms with Crippen molar-refractivity contribution < 1.29 is 14.3 Å². The molecule has 0 aliphatic carbocycles. The number of esters is 1. The number of nitrogens with zero attached hydrogens (tertiary/aromatic N) is 1. The van der Waals surface area contributed by atoms with Crippen LogP contribution in [-0.4, -0.2) is 19.0 Å². The van der Waals surface area contributed by atoms with Gasteiger partial charge in [0, 0.05) is 4.47 Å². The zero-order valence-corrected chi connectivity index (χ0v) is 13.3. The first kappa shape index (κ1) is 14.5. The molecule has 110 valence electrons. The maximum absolute atomic E-state index is 12.0. The highest BCUT2D eigenvalue weighted by Gasteiger charge is 2.25. The second kappa shape index (κ2) is 6.15. The molecule has 0 saturated heterocycles. The van der Waals surface area contributed by atoms with E-state index in [9.17, 15) is 4.79 Å². The van der Waals surface area contributed by atoms with Gasteiger partial charge in [-0.25, -0.2) is 9.79 Å². The van der Waals surface area contributed by atoms with Crippen LogP contribution in [0.2, 0.25) is 0 Å². The van der Waals surface area contributed by atoms with Gasteiger partial charge < -0.3 is 9.47 Å². The van der Waals surface area contributed by atoms with Crippen molar-refractivity contribution in [3.8, 4) is 5.75 Å². The largest absolute Gasteiger partial charge is 0.497 e. The van der Waals surface area contributed by atoms with Crippen LogP contribution in [0.15, 0.2) is 63.7 Å². The van der Waals surface area contributed by atoms with E-state index in [-0.39, 0.29) is 5.70 Å².